The third-order valence-electron chi connectivity index (χ3n) is 2.44. The molecule has 3 N–H and O–H groups in total. The highest BCUT2D eigenvalue weighted by atomic mass is 16.5. The van der Waals surface area contributed by atoms with Crippen LogP contribution in [0.25, 0.3) is 0 Å². The lowest BCUT2D eigenvalue weighted by Crippen LogP contribution is -2.10. The van der Waals surface area contributed by atoms with Crippen LogP contribution >= 0.6 is 0 Å². The maximum atomic E-state index is 5.74. The minimum atomic E-state index is -0.0447. The quantitative estimate of drug-likeness (QED) is 0.624. The number of nitrogen functional groups attached to an aromatic ring is 1. The molecule has 0 aliphatic carbocycles. The summed E-state index contributed by atoms with van der Waals surface area (Å²) in [6.45, 7) is 1.99. The van der Waals surface area contributed by atoms with Crippen LogP contribution < -0.4 is 16.0 Å². The number of nitrogens with zero attached hydrogens (tertiary/aromatic N) is 1. The molecule has 0 aliphatic heterocycles. The van der Waals surface area contributed by atoms with E-state index in [1.807, 2.05) is 43.3 Å². The zero-order valence-corrected chi connectivity index (χ0v) is 9.63. The van der Waals surface area contributed by atoms with Gasteiger partial charge in [0.2, 0.25) is 5.88 Å². The molecule has 88 valence electrons. The lowest BCUT2D eigenvalue weighted by molar-refractivity contribution is 0.218. The summed E-state index contributed by atoms with van der Waals surface area (Å²) in [7, 11) is 0. The molecule has 0 spiro atoms. The van der Waals surface area contributed by atoms with E-state index in [4.69, 9.17) is 10.6 Å². The first-order valence-electron chi connectivity index (χ1n) is 5.45. The highest BCUT2D eigenvalue weighted by molar-refractivity contribution is 5.35. The maximum absolute atomic E-state index is 5.74. The summed E-state index contributed by atoms with van der Waals surface area (Å²) in [5.41, 5.74) is 3.60. The van der Waals surface area contributed by atoms with Crippen LogP contribution in [-0.4, -0.2) is 4.98 Å². The van der Waals surface area contributed by atoms with E-state index < -0.39 is 0 Å². The number of hydrogen-bond acceptors (Lipinski definition) is 4. The fourth-order valence-corrected chi connectivity index (χ4v) is 1.53. The number of ether oxygens (including phenoxy) is 1. The van der Waals surface area contributed by atoms with Crippen LogP contribution in [0.2, 0.25) is 0 Å². The van der Waals surface area contributed by atoms with Crippen molar-refractivity contribution in [2.75, 3.05) is 5.43 Å². The van der Waals surface area contributed by atoms with Crippen molar-refractivity contribution >= 4 is 5.82 Å². The molecule has 1 atom stereocenters. The number of hydrogen-bond donors (Lipinski definition) is 2. The summed E-state index contributed by atoms with van der Waals surface area (Å²) in [5.74, 6) is 6.43. The summed E-state index contributed by atoms with van der Waals surface area (Å²) in [5, 5.41) is 0. The van der Waals surface area contributed by atoms with E-state index in [0.29, 0.717) is 11.7 Å². The van der Waals surface area contributed by atoms with Crippen molar-refractivity contribution in [3.8, 4) is 5.88 Å². The van der Waals surface area contributed by atoms with Gasteiger partial charge in [-0.1, -0.05) is 36.4 Å². The molecule has 0 saturated heterocycles. The second-order valence-electron chi connectivity index (χ2n) is 3.68. The van der Waals surface area contributed by atoms with Crippen LogP contribution in [0.15, 0.2) is 48.5 Å². The van der Waals surface area contributed by atoms with Crippen LogP contribution in [0.5, 0.6) is 5.88 Å². The number of hydrazine groups is 1. The van der Waals surface area contributed by atoms with E-state index in [9.17, 15) is 0 Å². The maximum Gasteiger partial charge on any atom is 0.215 e. The van der Waals surface area contributed by atoms with Gasteiger partial charge in [0.25, 0.3) is 0 Å². The molecule has 0 aliphatic rings. The predicted octanol–water partition coefficient (Wildman–Crippen LogP) is 2.51. The van der Waals surface area contributed by atoms with Crippen molar-refractivity contribution in [1.82, 2.24) is 4.98 Å². The van der Waals surface area contributed by atoms with Crippen molar-refractivity contribution in [2.24, 2.45) is 5.84 Å². The van der Waals surface area contributed by atoms with Crippen molar-refractivity contribution in [3.63, 3.8) is 0 Å². The normalized spacial score (nSPS) is 11.9. The third kappa shape index (κ3) is 2.95. The van der Waals surface area contributed by atoms with E-state index in [1.54, 1.807) is 12.1 Å². The minimum absolute atomic E-state index is 0.0447. The van der Waals surface area contributed by atoms with Crippen LogP contribution in [0.1, 0.15) is 18.6 Å². The molecule has 4 heteroatoms. The Morgan fingerprint density at radius 1 is 1.12 bits per heavy atom. The lowest BCUT2D eigenvalue weighted by Gasteiger charge is -2.14. The Hall–Kier alpha value is -2.07. The van der Waals surface area contributed by atoms with Gasteiger partial charge < -0.3 is 10.2 Å². The fraction of sp³-hybridized carbons (Fsp3) is 0.154. The largest absolute Gasteiger partial charge is 0.470 e. The van der Waals surface area contributed by atoms with Gasteiger partial charge in [0.1, 0.15) is 11.9 Å². The molecule has 0 bridgehead atoms. The standard InChI is InChI=1S/C13H15N3O/c1-10(11-6-3-2-4-7-11)17-13-9-5-8-12(15-13)16-14/h2-10H,14H2,1H3,(H,15,16). The van der Waals surface area contributed by atoms with Crippen molar-refractivity contribution in [1.29, 1.82) is 0 Å². The third-order valence-corrected chi connectivity index (χ3v) is 2.44. The van der Waals surface area contributed by atoms with Crippen LogP contribution in [-0.2, 0) is 0 Å². The van der Waals surface area contributed by atoms with Gasteiger partial charge in [-0.3, -0.25) is 0 Å². The zero-order chi connectivity index (χ0) is 12.1. The summed E-state index contributed by atoms with van der Waals surface area (Å²) in [6.07, 6.45) is -0.0447. The first-order chi connectivity index (χ1) is 8.29. The summed E-state index contributed by atoms with van der Waals surface area (Å²) in [4.78, 5) is 4.20. The molecule has 0 amide bonds. The highest BCUT2D eigenvalue weighted by Crippen LogP contribution is 2.20. The van der Waals surface area contributed by atoms with Gasteiger partial charge >= 0.3 is 0 Å². The average molecular weight is 229 g/mol. The molecule has 0 radical (unpaired) electrons. The smallest absolute Gasteiger partial charge is 0.215 e. The van der Waals surface area contributed by atoms with Gasteiger partial charge in [-0.15, -0.1) is 0 Å². The fourth-order valence-electron chi connectivity index (χ4n) is 1.53. The molecule has 17 heavy (non-hydrogen) atoms. The first-order valence-corrected chi connectivity index (χ1v) is 5.45. The Bertz CT molecular complexity index is 473. The molecule has 1 unspecified atom stereocenters. The Morgan fingerprint density at radius 2 is 1.88 bits per heavy atom. The molecular formula is C13H15N3O. The molecule has 2 rings (SSSR count). The Labute approximate surface area is 100 Å². The molecule has 0 fully saturated rings. The first kappa shape index (κ1) is 11.4. The van der Waals surface area contributed by atoms with E-state index in [0.717, 1.165) is 5.56 Å². The van der Waals surface area contributed by atoms with E-state index >= 15 is 0 Å². The number of anilines is 1. The van der Waals surface area contributed by atoms with Gasteiger partial charge in [-0.05, 0) is 18.6 Å². The van der Waals surface area contributed by atoms with Gasteiger partial charge in [0.05, 0.1) is 0 Å². The van der Waals surface area contributed by atoms with Crippen molar-refractivity contribution in [3.05, 3.63) is 54.1 Å². The Morgan fingerprint density at radius 3 is 2.59 bits per heavy atom. The molecule has 1 aromatic heterocycles. The van der Waals surface area contributed by atoms with E-state index in [1.165, 1.54) is 0 Å². The summed E-state index contributed by atoms with van der Waals surface area (Å²) in [6, 6.07) is 15.4. The monoisotopic (exact) mass is 229 g/mol. The Balaban J connectivity index is 2.10. The molecular weight excluding hydrogens is 214 g/mol. The van der Waals surface area contributed by atoms with Crippen molar-refractivity contribution < 1.29 is 4.74 Å². The molecule has 2 aromatic rings. The summed E-state index contributed by atoms with van der Waals surface area (Å²) < 4.78 is 5.74. The SMILES string of the molecule is CC(Oc1cccc(NN)n1)c1ccccc1. The number of nitrogens with one attached hydrogen (secondary N) is 1. The second kappa shape index (κ2) is 5.32. The van der Waals surface area contributed by atoms with Gasteiger partial charge in [0, 0.05) is 6.07 Å². The Kier molecular flexibility index (Phi) is 3.57. The summed E-state index contributed by atoms with van der Waals surface area (Å²) >= 11 is 0. The predicted molar refractivity (Wildman–Crippen MR) is 67.5 cm³/mol. The number of pyridine rings is 1. The van der Waals surface area contributed by atoms with E-state index in [-0.39, 0.29) is 6.10 Å². The van der Waals surface area contributed by atoms with Crippen LogP contribution in [0, 0.1) is 0 Å². The minimum Gasteiger partial charge on any atom is -0.470 e. The lowest BCUT2D eigenvalue weighted by atomic mass is 10.1. The topological polar surface area (TPSA) is 60.2 Å². The molecule has 1 aromatic carbocycles. The highest BCUT2D eigenvalue weighted by Gasteiger charge is 2.07. The molecule has 1 heterocycles. The van der Waals surface area contributed by atoms with Gasteiger partial charge in [-0.2, -0.15) is 4.98 Å². The van der Waals surface area contributed by atoms with Gasteiger partial charge in [-0.25, -0.2) is 5.84 Å². The average Bonchev–Trinajstić information content (AvgIpc) is 2.40. The number of benzene rings is 1. The van der Waals surface area contributed by atoms with E-state index in [2.05, 4.69) is 10.4 Å². The van der Waals surface area contributed by atoms with Gasteiger partial charge in [0.15, 0.2) is 0 Å². The number of rotatable bonds is 4. The molecule has 4 nitrogen and oxygen atoms in total. The van der Waals surface area contributed by atoms with Crippen LogP contribution in [0.4, 0.5) is 5.82 Å². The van der Waals surface area contributed by atoms with Crippen LogP contribution in [0.3, 0.4) is 0 Å². The number of aromatic nitrogens is 1. The zero-order valence-electron chi connectivity index (χ0n) is 9.63. The second-order valence-corrected chi connectivity index (χ2v) is 3.68. The van der Waals surface area contributed by atoms with Crippen molar-refractivity contribution in [2.45, 2.75) is 13.0 Å². The molecule has 0 saturated carbocycles. The number of nitrogens with two attached hydrogens (primary N) is 1.